The van der Waals surface area contributed by atoms with E-state index in [2.05, 4.69) is 15.9 Å². The fourth-order valence-electron chi connectivity index (χ4n) is 1.50. The normalized spacial score (nSPS) is 12.9. The summed E-state index contributed by atoms with van der Waals surface area (Å²) in [4.78, 5) is 12.2. The fraction of sp³-hybridized carbons (Fsp3) is 0.417. The summed E-state index contributed by atoms with van der Waals surface area (Å²) in [6, 6.07) is 3.07. The first-order valence-corrected chi connectivity index (χ1v) is 8.12. The monoisotopic (exact) mass is 350 g/mol. The number of ether oxygens (including phenoxy) is 2. The third-order valence-electron chi connectivity index (χ3n) is 2.76. The Bertz CT molecular complexity index is 594. The molecule has 0 fully saturated rings. The van der Waals surface area contributed by atoms with Gasteiger partial charge in [-0.2, -0.15) is 0 Å². The summed E-state index contributed by atoms with van der Waals surface area (Å²) in [6.45, 7) is 1.36. The minimum Gasteiger partial charge on any atom is -0.495 e. The van der Waals surface area contributed by atoms with Crippen LogP contribution in [0.5, 0.6) is 11.5 Å². The van der Waals surface area contributed by atoms with Crippen LogP contribution in [0.4, 0.5) is 0 Å². The van der Waals surface area contributed by atoms with Gasteiger partial charge in [-0.15, -0.1) is 0 Å². The van der Waals surface area contributed by atoms with E-state index in [1.54, 1.807) is 6.07 Å². The molecule has 0 spiro atoms. The van der Waals surface area contributed by atoms with E-state index >= 15 is 0 Å². The summed E-state index contributed by atoms with van der Waals surface area (Å²) in [5.41, 5.74) is 0.202. The first-order valence-electron chi connectivity index (χ1n) is 5.37. The maximum atomic E-state index is 12.2. The van der Waals surface area contributed by atoms with Crippen molar-refractivity contribution in [2.75, 3.05) is 20.5 Å². The molecule has 1 aromatic carbocycles. The van der Waals surface area contributed by atoms with Gasteiger partial charge in [0.05, 0.1) is 19.8 Å². The molecule has 0 aliphatic rings. The Kier molecular flexibility index (Phi) is 4.98. The van der Waals surface area contributed by atoms with E-state index in [1.165, 1.54) is 27.2 Å². The van der Waals surface area contributed by atoms with Crippen molar-refractivity contribution in [2.45, 2.75) is 12.2 Å². The van der Waals surface area contributed by atoms with E-state index in [4.69, 9.17) is 9.47 Å². The lowest BCUT2D eigenvalue weighted by atomic mass is 10.1. The molecule has 0 heterocycles. The van der Waals surface area contributed by atoms with Crippen molar-refractivity contribution in [3.05, 3.63) is 22.2 Å². The van der Waals surface area contributed by atoms with Gasteiger partial charge in [0, 0.05) is 6.26 Å². The number of ketones is 1. The standard InChI is InChI=1S/C12H15BrO5S/c1-7(19(4,15)16)11(14)8-5-6-9(17-2)10(13)12(8)18-3/h5-7H,1-4H3. The molecule has 0 aliphatic carbocycles. The molecule has 1 atom stereocenters. The van der Waals surface area contributed by atoms with E-state index in [1.807, 2.05) is 0 Å². The van der Waals surface area contributed by atoms with E-state index in [0.29, 0.717) is 10.2 Å². The van der Waals surface area contributed by atoms with Crippen molar-refractivity contribution in [3.8, 4) is 11.5 Å². The summed E-state index contributed by atoms with van der Waals surface area (Å²) in [7, 11) is -0.565. The molecule has 1 aromatic rings. The second-order valence-corrected chi connectivity index (χ2v) is 7.16. The first kappa shape index (κ1) is 16.0. The lowest BCUT2D eigenvalue weighted by Gasteiger charge is -2.15. The highest BCUT2D eigenvalue weighted by Crippen LogP contribution is 2.37. The Balaban J connectivity index is 3.36. The molecule has 1 unspecified atom stereocenters. The van der Waals surface area contributed by atoms with Crippen LogP contribution in [0.25, 0.3) is 0 Å². The number of Topliss-reactive ketones (excluding diaryl/α,β-unsaturated/α-hetero) is 1. The van der Waals surface area contributed by atoms with Crippen LogP contribution in [0, 0.1) is 0 Å². The van der Waals surface area contributed by atoms with Gasteiger partial charge < -0.3 is 9.47 Å². The van der Waals surface area contributed by atoms with Gasteiger partial charge in [0.25, 0.3) is 0 Å². The molecule has 0 amide bonds. The van der Waals surface area contributed by atoms with Crippen molar-refractivity contribution < 1.29 is 22.7 Å². The number of hydrogen-bond donors (Lipinski definition) is 0. The Hall–Kier alpha value is -1.08. The topological polar surface area (TPSA) is 69.7 Å². The number of benzene rings is 1. The molecule has 19 heavy (non-hydrogen) atoms. The van der Waals surface area contributed by atoms with Crippen LogP contribution >= 0.6 is 15.9 Å². The van der Waals surface area contributed by atoms with Crippen LogP contribution in [0.1, 0.15) is 17.3 Å². The molecule has 0 saturated heterocycles. The second kappa shape index (κ2) is 5.92. The van der Waals surface area contributed by atoms with Crippen molar-refractivity contribution in [3.63, 3.8) is 0 Å². The number of halogens is 1. The Morgan fingerprint density at radius 2 is 1.84 bits per heavy atom. The van der Waals surface area contributed by atoms with Crippen molar-refractivity contribution in [1.29, 1.82) is 0 Å². The quantitative estimate of drug-likeness (QED) is 0.760. The molecule has 7 heteroatoms. The molecular weight excluding hydrogens is 336 g/mol. The fourth-order valence-corrected chi connectivity index (χ4v) is 2.69. The third-order valence-corrected chi connectivity index (χ3v) is 5.01. The van der Waals surface area contributed by atoms with Gasteiger partial charge in [0.1, 0.15) is 21.2 Å². The summed E-state index contributed by atoms with van der Waals surface area (Å²) < 4.78 is 33.6. The van der Waals surface area contributed by atoms with Gasteiger partial charge >= 0.3 is 0 Å². The largest absolute Gasteiger partial charge is 0.495 e. The van der Waals surface area contributed by atoms with E-state index in [-0.39, 0.29) is 11.3 Å². The number of sulfone groups is 1. The van der Waals surface area contributed by atoms with Crippen LogP contribution in [0.2, 0.25) is 0 Å². The predicted molar refractivity (Wildman–Crippen MR) is 75.9 cm³/mol. The van der Waals surface area contributed by atoms with Crippen molar-refractivity contribution >= 4 is 31.6 Å². The molecular formula is C12H15BrO5S. The zero-order valence-electron chi connectivity index (χ0n) is 11.1. The highest BCUT2D eigenvalue weighted by atomic mass is 79.9. The molecule has 1 rings (SSSR count). The highest BCUT2D eigenvalue weighted by Gasteiger charge is 2.28. The number of methoxy groups -OCH3 is 2. The maximum absolute atomic E-state index is 12.2. The Morgan fingerprint density at radius 3 is 2.26 bits per heavy atom. The molecule has 0 N–H and O–H groups in total. The summed E-state index contributed by atoms with van der Waals surface area (Å²) in [5, 5.41) is -1.12. The van der Waals surface area contributed by atoms with Crippen LogP contribution in [-0.2, 0) is 9.84 Å². The molecule has 0 aliphatic heterocycles. The second-order valence-electron chi connectivity index (χ2n) is 4.00. The zero-order chi connectivity index (χ0) is 14.8. The number of carbonyl (C=O) groups is 1. The van der Waals surface area contributed by atoms with Gasteiger partial charge in [-0.25, -0.2) is 8.42 Å². The van der Waals surface area contributed by atoms with Gasteiger partial charge in [0.15, 0.2) is 15.6 Å². The summed E-state index contributed by atoms with van der Waals surface area (Å²) in [6.07, 6.45) is 1.03. The maximum Gasteiger partial charge on any atom is 0.184 e. The van der Waals surface area contributed by atoms with Crippen molar-refractivity contribution in [1.82, 2.24) is 0 Å². The van der Waals surface area contributed by atoms with Gasteiger partial charge in [0.2, 0.25) is 0 Å². The lowest BCUT2D eigenvalue weighted by molar-refractivity contribution is 0.0988. The summed E-state index contributed by atoms with van der Waals surface area (Å²) >= 11 is 3.27. The lowest BCUT2D eigenvalue weighted by Crippen LogP contribution is -2.26. The van der Waals surface area contributed by atoms with Crippen LogP contribution in [0.15, 0.2) is 16.6 Å². The molecule has 0 aromatic heterocycles. The molecule has 5 nitrogen and oxygen atoms in total. The third kappa shape index (κ3) is 3.27. The average Bonchev–Trinajstić information content (AvgIpc) is 2.35. The number of carbonyl (C=O) groups excluding carboxylic acids is 1. The highest BCUT2D eigenvalue weighted by molar-refractivity contribution is 9.10. The van der Waals surface area contributed by atoms with Crippen LogP contribution in [-0.4, -0.2) is 39.9 Å². The van der Waals surface area contributed by atoms with Crippen LogP contribution in [0.3, 0.4) is 0 Å². The van der Waals surface area contributed by atoms with Crippen LogP contribution < -0.4 is 9.47 Å². The summed E-state index contributed by atoms with van der Waals surface area (Å²) in [5.74, 6) is 0.253. The SMILES string of the molecule is COc1ccc(C(=O)C(C)S(C)(=O)=O)c(OC)c1Br. The smallest absolute Gasteiger partial charge is 0.184 e. The van der Waals surface area contributed by atoms with Gasteiger partial charge in [-0.05, 0) is 35.0 Å². The molecule has 0 bridgehead atoms. The number of hydrogen-bond acceptors (Lipinski definition) is 5. The Labute approximate surface area is 121 Å². The van der Waals surface area contributed by atoms with Gasteiger partial charge in [-0.1, -0.05) is 0 Å². The Morgan fingerprint density at radius 1 is 1.26 bits per heavy atom. The minimum atomic E-state index is -3.46. The average molecular weight is 351 g/mol. The molecule has 0 saturated carbocycles. The van der Waals surface area contributed by atoms with E-state index in [9.17, 15) is 13.2 Å². The van der Waals surface area contributed by atoms with Crippen molar-refractivity contribution in [2.24, 2.45) is 0 Å². The predicted octanol–water partition coefficient (Wildman–Crippen LogP) is 2.08. The first-order chi connectivity index (χ1) is 8.73. The zero-order valence-corrected chi connectivity index (χ0v) is 13.5. The van der Waals surface area contributed by atoms with E-state index < -0.39 is 20.9 Å². The number of rotatable bonds is 5. The molecule has 106 valence electrons. The van der Waals surface area contributed by atoms with Gasteiger partial charge in [-0.3, -0.25) is 4.79 Å². The van der Waals surface area contributed by atoms with E-state index in [0.717, 1.165) is 6.26 Å². The minimum absolute atomic E-state index is 0.202. The molecule has 0 radical (unpaired) electrons.